The van der Waals surface area contributed by atoms with Gasteiger partial charge in [-0.15, -0.1) is 12.6 Å². The van der Waals surface area contributed by atoms with Crippen LogP contribution in [-0.2, 0) is 0 Å². The Morgan fingerprint density at radius 1 is 1.05 bits per heavy atom. The Kier molecular flexibility index (Phi) is 9.91. The topological polar surface area (TPSA) is 0 Å². The monoisotopic (exact) mass is 520 g/mol. The van der Waals surface area contributed by atoms with E-state index in [4.69, 9.17) is 12.6 Å². The fourth-order valence-corrected chi connectivity index (χ4v) is 6.39. The van der Waals surface area contributed by atoms with Gasteiger partial charge in [0.05, 0.1) is 0 Å². The number of hydrogen-bond acceptors (Lipinski definition) is 1. The summed E-state index contributed by atoms with van der Waals surface area (Å²) in [5.41, 5.74) is 12.8. The lowest BCUT2D eigenvalue weighted by atomic mass is 9.67. The molecular formula is C37H44S. The van der Waals surface area contributed by atoms with E-state index in [1.807, 2.05) is 6.08 Å². The first-order chi connectivity index (χ1) is 18.5. The molecule has 1 heteroatoms. The number of hydrogen-bond donors (Lipinski definition) is 1. The zero-order chi connectivity index (χ0) is 27.1. The smallest absolute Gasteiger partial charge is 0.0123 e. The molecule has 4 rings (SSSR count). The lowest BCUT2D eigenvalue weighted by molar-refractivity contribution is 0.493. The van der Waals surface area contributed by atoms with Crippen molar-refractivity contribution in [3.05, 3.63) is 142 Å². The predicted octanol–water partition coefficient (Wildman–Crippen LogP) is 11.0. The van der Waals surface area contributed by atoms with E-state index >= 15 is 0 Å². The van der Waals surface area contributed by atoms with Crippen molar-refractivity contribution in [3.8, 4) is 0 Å². The molecule has 0 aromatic heterocycles. The summed E-state index contributed by atoms with van der Waals surface area (Å²) in [6.45, 7) is 18.0. The minimum Gasteiger partial charge on any atom is -0.143 e. The molecule has 2 atom stereocenters. The molecule has 0 nitrogen and oxygen atoms in total. The van der Waals surface area contributed by atoms with Crippen LogP contribution < -0.4 is 0 Å². The quantitative estimate of drug-likeness (QED) is 0.148. The van der Waals surface area contributed by atoms with E-state index in [0.29, 0.717) is 5.92 Å². The second kappa shape index (κ2) is 13.3. The van der Waals surface area contributed by atoms with E-state index in [1.54, 1.807) is 0 Å². The van der Waals surface area contributed by atoms with Gasteiger partial charge >= 0.3 is 0 Å². The summed E-state index contributed by atoms with van der Waals surface area (Å²) in [6, 6.07) is 0. The molecule has 0 N–H and O–H groups in total. The van der Waals surface area contributed by atoms with E-state index in [1.165, 1.54) is 63.0 Å². The van der Waals surface area contributed by atoms with Gasteiger partial charge in [0.25, 0.3) is 0 Å². The van der Waals surface area contributed by atoms with Crippen molar-refractivity contribution in [2.75, 3.05) is 0 Å². The molecular weight excluding hydrogens is 476 g/mol. The van der Waals surface area contributed by atoms with Gasteiger partial charge in [0.15, 0.2) is 0 Å². The zero-order valence-electron chi connectivity index (χ0n) is 23.4. The van der Waals surface area contributed by atoms with Crippen LogP contribution in [0.2, 0.25) is 0 Å². The molecule has 0 spiro atoms. The highest BCUT2D eigenvalue weighted by molar-refractivity contribution is 7.84. The van der Waals surface area contributed by atoms with Crippen LogP contribution in [0, 0.1) is 11.8 Å². The van der Waals surface area contributed by atoms with Crippen molar-refractivity contribution < 1.29 is 0 Å². The summed E-state index contributed by atoms with van der Waals surface area (Å²) in [4.78, 5) is 1.08. The van der Waals surface area contributed by atoms with Crippen LogP contribution in [0.25, 0.3) is 0 Å². The Balaban J connectivity index is 1.88. The fourth-order valence-electron chi connectivity index (χ4n) is 6.13. The molecule has 0 saturated heterocycles. The van der Waals surface area contributed by atoms with Gasteiger partial charge in [-0.3, -0.25) is 0 Å². The molecule has 0 heterocycles. The SMILES string of the molecule is C=C/C=C(/CC1=C(S)C=CC=CC1)C(/C(C1=C(C2=CC=CC2)C=CC1)=C1\CCC1=C)C(C)C(=C)CCCC. The van der Waals surface area contributed by atoms with E-state index in [9.17, 15) is 0 Å². The Labute approximate surface area is 237 Å². The molecule has 0 aliphatic heterocycles. The Morgan fingerprint density at radius 3 is 2.53 bits per heavy atom. The van der Waals surface area contributed by atoms with E-state index < -0.39 is 0 Å². The highest BCUT2D eigenvalue weighted by Crippen LogP contribution is 2.50. The van der Waals surface area contributed by atoms with Gasteiger partial charge in [-0.25, -0.2) is 0 Å². The van der Waals surface area contributed by atoms with Crippen LogP contribution in [0.1, 0.15) is 71.6 Å². The van der Waals surface area contributed by atoms with Crippen LogP contribution in [0.15, 0.2) is 142 Å². The highest BCUT2D eigenvalue weighted by Gasteiger charge is 2.35. The first-order valence-corrected chi connectivity index (χ1v) is 14.8. The van der Waals surface area contributed by atoms with Crippen molar-refractivity contribution in [1.82, 2.24) is 0 Å². The van der Waals surface area contributed by atoms with Gasteiger partial charge in [0, 0.05) is 10.8 Å². The average Bonchev–Trinajstić information content (AvgIpc) is 3.57. The maximum atomic E-state index is 4.89. The molecule has 1 fully saturated rings. The molecule has 38 heavy (non-hydrogen) atoms. The van der Waals surface area contributed by atoms with E-state index in [0.717, 1.165) is 49.9 Å². The minimum absolute atomic E-state index is 0.231. The van der Waals surface area contributed by atoms with Gasteiger partial charge in [0.1, 0.15) is 0 Å². The van der Waals surface area contributed by atoms with Crippen LogP contribution in [0.5, 0.6) is 0 Å². The zero-order valence-corrected chi connectivity index (χ0v) is 24.3. The lowest BCUT2D eigenvalue weighted by Crippen LogP contribution is -2.24. The van der Waals surface area contributed by atoms with Gasteiger partial charge in [-0.05, 0) is 96.8 Å². The molecule has 0 aromatic rings. The first-order valence-electron chi connectivity index (χ1n) is 14.4. The number of unbranched alkanes of at least 4 members (excludes halogenated alkanes) is 1. The van der Waals surface area contributed by atoms with Crippen molar-refractivity contribution in [2.24, 2.45) is 11.8 Å². The molecule has 0 aromatic carbocycles. The summed E-state index contributed by atoms with van der Waals surface area (Å²) in [5, 5.41) is 0. The molecule has 2 unspecified atom stereocenters. The molecule has 4 aliphatic rings. The molecule has 4 aliphatic carbocycles. The molecule has 0 amide bonds. The van der Waals surface area contributed by atoms with Crippen molar-refractivity contribution in [1.29, 1.82) is 0 Å². The predicted molar refractivity (Wildman–Crippen MR) is 171 cm³/mol. The van der Waals surface area contributed by atoms with Crippen LogP contribution in [0.3, 0.4) is 0 Å². The lowest BCUT2D eigenvalue weighted by Gasteiger charge is -2.37. The summed E-state index contributed by atoms with van der Waals surface area (Å²) in [7, 11) is 0. The van der Waals surface area contributed by atoms with Crippen LogP contribution >= 0.6 is 12.6 Å². The maximum Gasteiger partial charge on any atom is 0.0123 e. The maximum absolute atomic E-state index is 4.89. The van der Waals surface area contributed by atoms with E-state index in [-0.39, 0.29) is 5.92 Å². The van der Waals surface area contributed by atoms with Crippen LogP contribution in [-0.4, -0.2) is 0 Å². The van der Waals surface area contributed by atoms with Gasteiger partial charge in [-0.2, -0.15) is 0 Å². The Hall–Kier alpha value is -2.77. The number of allylic oxidation sites excluding steroid dienone is 20. The fraction of sp³-hybridized carbons (Fsp3) is 0.351. The Bertz CT molecular complexity index is 1260. The summed E-state index contributed by atoms with van der Waals surface area (Å²) in [5.74, 6) is 0.545. The third-order valence-corrected chi connectivity index (χ3v) is 8.95. The molecule has 198 valence electrons. The third-order valence-electron chi connectivity index (χ3n) is 8.49. The van der Waals surface area contributed by atoms with Gasteiger partial charge in [-0.1, -0.05) is 117 Å². The number of rotatable bonds is 12. The van der Waals surface area contributed by atoms with Crippen LogP contribution in [0.4, 0.5) is 0 Å². The average molecular weight is 521 g/mol. The molecule has 0 radical (unpaired) electrons. The summed E-state index contributed by atoms with van der Waals surface area (Å²) >= 11 is 4.89. The second-order valence-corrected chi connectivity index (χ2v) is 11.5. The van der Waals surface area contributed by atoms with E-state index in [2.05, 4.69) is 94.3 Å². The van der Waals surface area contributed by atoms with Crippen molar-refractivity contribution in [2.45, 2.75) is 71.6 Å². The minimum atomic E-state index is 0.231. The first kappa shape index (κ1) is 28.2. The normalized spacial score (nSPS) is 22.0. The van der Waals surface area contributed by atoms with Gasteiger partial charge < -0.3 is 0 Å². The van der Waals surface area contributed by atoms with Crippen molar-refractivity contribution >= 4 is 12.6 Å². The largest absolute Gasteiger partial charge is 0.143 e. The van der Waals surface area contributed by atoms with Gasteiger partial charge in [0.2, 0.25) is 0 Å². The molecule has 0 bridgehead atoms. The molecule has 1 saturated carbocycles. The number of thiol groups is 1. The summed E-state index contributed by atoms with van der Waals surface area (Å²) < 4.78 is 0. The second-order valence-electron chi connectivity index (χ2n) is 11.0. The highest BCUT2D eigenvalue weighted by atomic mass is 32.1. The standard InChI is InChI=1S/C37H44S/c1-6-8-16-26(3)28(5)36(31(15-7-2)25-30-19-10-9-11-22-35(30)38)37(32-24-23-27(32)4)34-21-14-20-33(34)29-17-12-13-18-29/h7,9-15,17,20,22,28,36,38H,2-4,6,8,16,18-19,21,23-25H2,1,5H3/b31-15-,37-32+. The van der Waals surface area contributed by atoms with Crippen molar-refractivity contribution in [3.63, 3.8) is 0 Å². The summed E-state index contributed by atoms with van der Waals surface area (Å²) in [6.07, 6.45) is 33.8. The third kappa shape index (κ3) is 6.26. The Morgan fingerprint density at radius 2 is 1.87 bits per heavy atom.